The minimum Gasteiger partial charge on any atom is -0.311 e. The Balaban J connectivity index is 0.910. The van der Waals surface area contributed by atoms with Crippen LogP contribution in [0.5, 0.6) is 0 Å². The number of benzene rings is 12. The van der Waals surface area contributed by atoms with Gasteiger partial charge in [0, 0.05) is 17.1 Å². The maximum atomic E-state index is 2.37. The first-order valence-electron chi connectivity index (χ1n) is 23.7. The Hall–Kier alpha value is -9.04. The smallest absolute Gasteiger partial charge is 0.0462 e. The fraction of sp³-hybridized carbons (Fsp3) is 0. The summed E-state index contributed by atoms with van der Waals surface area (Å²) in [5.74, 6) is 0. The largest absolute Gasteiger partial charge is 0.311 e. The van der Waals surface area contributed by atoms with E-state index in [-0.39, 0.29) is 0 Å². The van der Waals surface area contributed by atoms with Gasteiger partial charge in [-0.3, -0.25) is 0 Å². The van der Waals surface area contributed by atoms with Crippen molar-refractivity contribution in [3.8, 4) is 77.9 Å². The first-order chi connectivity index (χ1) is 34.2. The van der Waals surface area contributed by atoms with Gasteiger partial charge in [-0.15, -0.1) is 0 Å². The lowest BCUT2D eigenvalue weighted by Gasteiger charge is -2.26. The van der Waals surface area contributed by atoms with Crippen LogP contribution in [0.15, 0.2) is 285 Å². The molecule has 1 nitrogen and oxygen atoms in total. The van der Waals surface area contributed by atoms with Gasteiger partial charge in [0.25, 0.3) is 0 Å². The van der Waals surface area contributed by atoms with Gasteiger partial charge in [-0.1, -0.05) is 237 Å². The molecule has 0 fully saturated rings. The summed E-state index contributed by atoms with van der Waals surface area (Å²) in [6.07, 6.45) is 0. The minimum absolute atomic E-state index is 1.08. The van der Waals surface area contributed by atoms with Gasteiger partial charge >= 0.3 is 0 Å². The average molecular weight is 878 g/mol. The van der Waals surface area contributed by atoms with E-state index in [4.69, 9.17) is 0 Å². The van der Waals surface area contributed by atoms with Crippen LogP contribution in [0.2, 0.25) is 0 Å². The van der Waals surface area contributed by atoms with Crippen LogP contribution in [0.1, 0.15) is 0 Å². The van der Waals surface area contributed by atoms with Crippen molar-refractivity contribution in [2.45, 2.75) is 0 Å². The predicted octanol–water partition coefficient (Wildman–Crippen LogP) is 19.1. The summed E-state index contributed by atoms with van der Waals surface area (Å²) in [6.45, 7) is 0. The summed E-state index contributed by atoms with van der Waals surface area (Å²) >= 11 is 0. The number of nitrogens with zero attached hydrogens (tertiary/aromatic N) is 1. The van der Waals surface area contributed by atoms with Crippen LogP contribution in [0.4, 0.5) is 17.1 Å². The van der Waals surface area contributed by atoms with E-state index in [0.29, 0.717) is 0 Å². The third-order valence-corrected chi connectivity index (χ3v) is 13.5. The Labute approximate surface area is 404 Å². The second-order valence-electron chi connectivity index (χ2n) is 17.7. The normalized spacial score (nSPS) is 11.2. The van der Waals surface area contributed by atoms with Crippen LogP contribution in [0.25, 0.3) is 99.4 Å². The molecule has 0 aliphatic rings. The van der Waals surface area contributed by atoms with Gasteiger partial charge in [0.2, 0.25) is 0 Å². The second kappa shape index (κ2) is 18.3. The van der Waals surface area contributed by atoms with E-state index in [1.165, 1.54) is 93.9 Å². The van der Waals surface area contributed by atoms with Crippen molar-refractivity contribution in [3.63, 3.8) is 0 Å². The van der Waals surface area contributed by atoms with Gasteiger partial charge in [-0.25, -0.2) is 0 Å². The molecule has 0 N–H and O–H groups in total. The number of hydrogen-bond acceptors (Lipinski definition) is 1. The molecule has 0 aliphatic carbocycles. The molecule has 0 saturated heterocycles. The van der Waals surface area contributed by atoms with E-state index in [0.717, 1.165) is 22.6 Å². The van der Waals surface area contributed by atoms with E-state index >= 15 is 0 Å². The molecule has 0 amide bonds. The lowest BCUT2D eigenvalue weighted by atomic mass is 9.90. The van der Waals surface area contributed by atoms with Crippen molar-refractivity contribution in [2.24, 2.45) is 0 Å². The van der Waals surface area contributed by atoms with Gasteiger partial charge in [0.05, 0.1) is 0 Å². The summed E-state index contributed by atoms with van der Waals surface area (Å²) < 4.78 is 0. The quantitative estimate of drug-likeness (QED) is 0.132. The van der Waals surface area contributed by atoms with Gasteiger partial charge in [0.1, 0.15) is 0 Å². The number of fused-ring (bicyclic) bond motifs is 2. The lowest BCUT2D eigenvalue weighted by Crippen LogP contribution is -2.09. The molecule has 69 heavy (non-hydrogen) atoms. The molecule has 0 radical (unpaired) electrons. The van der Waals surface area contributed by atoms with E-state index in [9.17, 15) is 0 Å². The Morgan fingerprint density at radius 1 is 0.188 bits per heavy atom. The third-order valence-electron chi connectivity index (χ3n) is 13.5. The van der Waals surface area contributed by atoms with Crippen molar-refractivity contribution in [1.82, 2.24) is 0 Å². The van der Waals surface area contributed by atoms with Gasteiger partial charge in [-0.2, -0.15) is 0 Å². The van der Waals surface area contributed by atoms with Crippen molar-refractivity contribution >= 4 is 38.6 Å². The molecular weight excluding hydrogens is 831 g/mol. The van der Waals surface area contributed by atoms with Crippen molar-refractivity contribution in [1.29, 1.82) is 0 Å². The first-order valence-corrected chi connectivity index (χ1v) is 23.7. The van der Waals surface area contributed by atoms with E-state index < -0.39 is 0 Å². The molecule has 0 aromatic heterocycles. The highest BCUT2D eigenvalue weighted by molar-refractivity contribution is 6.04. The Morgan fingerprint density at radius 2 is 0.551 bits per heavy atom. The Bertz CT molecular complexity index is 3710. The number of anilines is 3. The lowest BCUT2D eigenvalue weighted by molar-refractivity contribution is 1.28. The summed E-state index contributed by atoms with van der Waals surface area (Å²) in [4.78, 5) is 2.37. The van der Waals surface area contributed by atoms with Crippen LogP contribution in [0.3, 0.4) is 0 Å². The molecule has 12 aromatic carbocycles. The van der Waals surface area contributed by atoms with E-state index in [1.54, 1.807) is 0 Å². The molecule has 0 atom stereocenters. The minimum atomic E-state index is 1.08. The van der Waals surface area contributed by atoms with Crippen molar-refractivity contribution in [3.05, 3.63) is 285 Å². The highest BCUT2D eigenvalue weighted by Crippen LogP contribution is 2.42. The second-order valence-corrected chi connectivity index (χ2v) is 17.7. The summed E-state index contributed by atoms with van der Waals surface area (Å²) in [5, 5.41) is 5.00. The molecule has 0 unspecified atom stereocenters. The SMILES string of the molecule is c1ccc(-c2ccc(-c3ccc(N(c4ccc(-c5ccc(-c6ccc7ccccc7c6)cc5)cc4)c4ccc(-c5ccc6ccccc6c5-c5ccccc5)cc4)cc3)cc2-c2ccccc2)cc1. The monoisotopic (exact) mass is 877 g/mol. The summed E-state index contributed by atoms with van der Waals surface area (Å²) in [5.41, 5.74) is 20.1. The predicted molar refractivity (Wildman–Crippen MR) is 294 cm³/mol. The zero-order chi connectivity index (χ0) is 45.9. The topological polar surface area (TPSA) is 3.24 Å². The van der Waals surface area contributed by atoms with Crippen LogP contribution in [-0.4, -0.2) is 0 Å². The number of rotatable bonds is 10. The van der Waals surface area contributed by atoms with Gasteiger partial charge in [0.15, 0.2) is 0 Å². The number of hydrogen-bond donors (Lipinski definition) is 0. The van der Waals surface area contributed by atoms with Crippen LogP contribution < -0.4 is 4.90 Å². The Morgan fingerprint density at radius 3 is 1.13 bits per heavy atom. The first kappa shape index (κ1) is 41.4. The molecule has 12 rings (SSSR count). The molecule has 0 aliphatic heterocycles. The van der Waals surface area contributed by atoms with Crippen molar-refractivity contribution in [2.75, 3.05) is 4.90 Å². The maximum absolute atomic E-state index is 2.37. The highest BCUT2D eigenvalue weighted by Gasteiger charge is 2.17. The molecule has 1 heteroatoms. The van der Waals surface area contributed by atoms with Gasteiger partial charge in [-0.05, 0) is 148 Å². The molecule has 0 spiro atoms. The fourth-order valence-corrected chi connectivity index (χ4v) is 9.94. The zero-order valence-electron chi connectivity index (χ0n) is 38.1. The molecule has 0 bridgehead atoms. The van der Waals surface area contributed by atoms with Crippen molar-refractivity contribution < 1.29 is 0 Å². The van der Waals surface area contributed by atoms with Crippen LogP contribution in [-0.2, 0) is 0 Å². The fourth-order valence-electron chi connectivity index (χ4n) is 9.94. The van der Waals surface area contributed by atoms with Crippen LogP contribution >= 0.6 is 0 Å². The van der Waals surface area contributed by atoms with Crippen LogP contribution in [0, 0.1) is 0 Å². The highest BCUT2D eigenvalue weighted by atomic mass is 15.1. The van der Waals surface area contributed by atoms with E-state index in [1.807, 2.05) is 0 Å². The Kier molecular flexibility index (Phi) is 11.0. The molecular formula is C68H47N. The third kappa shape index (κ3) is 8.28. The molecule has 0 saturated carbocycles. The standard InChI is InChI=1S/C68H47N/c1-4-15-53(16-5-1)64-44-37-60(47-67(64)54-17-6-2-7-18-54)52-32-40-62(41-33-52)69(61-38-30-50(31-39-61)49-24-26-51(27-25-49)59-29-28-48-14-10-11-22-58(48)46-59)63-42-34-56(35-43-63)66-45-36-55-19-12-13-23-65(55)68(66)57-20-8-3-9-21-57/h1-47H. The molecule has 324 valence electrons. The molecule has 12 aromatic rings. The van der Waals surface area contributed by atoms with E-state index in [2.05, 4.69) is 290 Å². The van der Waals surface area contributed by atoms with Gasteiger partial charge < -0.3 is 4.90 Å². The molecule has 0 heterocycles. The average Bonchev–Trinajstić information content (AvgIpc) is 3.44. The summed E-state index contributed by atoms with van der Waals surface area (Å²) in [7, 11) is 0. The summed E-state index contributed by atoms with van der Waals surface area (Å²) in [6, 6.07) is 104. The zero-order valence-corrected chi connectivity index (χ0v) is 38.1. The maximum Gasteiger partial charge on any atom is 0.0462 e.